The Morgan fingerprint density at radius 1 is 1.26 bits per heavy atom. The van der Waals surface area contributed by atoms with Crippen molar-refractivity contribution in [2.75, 3.05) is 53.5 Å². The van der Waals surface area contributed by atoms with Crippen LogP contribution < -0.4 is 10.6 Å². The summed E-state index contributed by atoms with van der Waals surface area (Å²) in [7, 11) is 3.87. The van der Waals surface area contributed by atoms with Crippen LogP contribution in [0, 0.1) is 11.3 Å². The van der Waals surface area contributed by atoms with Crippen molar-refractivity contribution in [3.05, 3.63) is 0 Å². The molecule has 0 bridgehead atoms. The first kappa shape index (κ1) is 22.9. The van der Waals surface area contributed by atoms with Crippen LogP contribution in [0.1, 0.15) is 32.1 Å². The topological polar surface area (TPSA) is 53.6 Å². The van der Waals surface area contributed by atoms with Crippen LogP contribution in [-0.4, -0.2) is 64.3 Å². The van der Waals surface area contributed by atoms with Gasteiger partial charge in [-0.1, -0.05) is 0 Å². The number of piperidine rings is 2. The van der Waals surface area contributed by atoms with Crippen LogP contribution in [0.4, 0.5) is 0 Å². The molecule has 2 aliphatic rings. The minimum absolute atomic E-state index is 0. The lowest BCUT2D eigenvalue weighted by atomic mass is 9.78. The quantitative estimate of drug-likeness (QED) is 0.747. The Balaban J connectivity index is 0.00000242. The standard InChI is InChI=1S/C16H31N3O2.2ClH/c1-19-11-4-14(5-12-19)3-8-18-15(20)16(13-21-2)6-9-17-10-7-16;;/h14,17H,3-13H2,1-2H3,(H,18,20);2*1H. The van der Waals surface area contributed by atoms with Gasteiger partial charge in [0.2, 0.25) is 5.91 Å². The van der Waals surface area contributed by atoms with Crippen molar-refractivity contribution >= 4 is 30.7 Å². The van der Waals surface area contributed by atoms with E-state index in [-0.39, 0.29) is 36.1 Å². The lowest BCUT2D eigenvalue weighted by molar-refractivity contribution is -0.136. The van der Waals surface area contributed by atoms with E-state index in [9.17, 15) is 4.79 Å². The normalized spacial score (nSPS) is 21.8. The fourth-order valence-corrected chi connectivity index (χ4v) is 3.55. The number of ether oxygens (including phenoxy) is 1. The van der Waals surface area contributed by atoms with Crippen LogP contribution in [-0.2, 0) is 9.53 Å². The molecule has 0 radical (unpaired) electrons. The third kappa shape index (κ3) is 6.75. The molecule has 2 heterocycles. The van der Waals surface area contributed by atoms with Gasteiger partial charge in [0.15, 0.2) is 0 Å². The van der Waals surface area contributed by atoms with Gasteiger partial charge in [0, 0.05) is 13.7 Å². The highest BCUT2D eigenvalue weighted by Crippen LogP contribution is 2.29. The second-order valence-electron chi connectivity index (χ2n) is 6.75. The number of rotatable bonds is 6. The molecule has 2 fully saturated rings. The zero-order valence-electron chi connectivity index (χ0n) is 14.4. The summed E-state index contributed by atoms with van der Waals surface area (Å²) in [5.74, 6) is 0.965. The number of nitrogens with zero attached hydrogens (tertiary/aromatic N) is 1. The van der Waals surface area contributed by atoms with Crippen LogP contribution in [0.3, 0.4) is 0 Å². The lowest BCUT2D eigenvalue weighted by Crippen LogP contribution is -2.50. The van der Waals surface area contributed by atoms with Crippen molar-refractivity contribution in [1.29, 1.82) is 0 Å². The van der Waals surface area contributed by atoms with Crippen molar-refractivity contribution in [2.24, 2.45) is 11.3 Å². The molecule has 23 heavy (non-hydrogen) atoms. The maximum Gasteiger partial charge on any atom is 0.228 e. The zero-order chi connectivity index (χ0) is 15.1. The van der Waals surface area contributed by atoms with Crippen LogP contribution in [0.5, 0.6) is 0 Å². The Hall–Kier alpha value is -0.0700. The number of methoxy groups -OCH3 is 1. The molecule has 0 atom stereocenters. The van der Waals surface area contributed by atoms with E-state index in [0.29, 0.717) is 6.61 Å². The number of carbonyl (C=O) groups excluding carboxylic acids is 1. The van der Waals surface area contributed by atoms with Gasteiger partial charge >= 0.3 is 0 Å². The smallest absolute Gasteiger partial charge is 0.228 e. The number of hydrogen-bond acceptors (Lipinski definition) is 4. The van der Waals surface area contributed by atoms with Gasteiger partial charge in [-0.3, -0.25) is 4.79 Å². The first-order chi connectivity index (χ1) is 10.2. The van der Waals surface area contributed by atoms with E-state index in [1.165, 1.54) is 25.9 Å². The highest BCUT2D eigenvalue weighted by atomic mass is 35.5. The van der Waals surface area contributed by atoms with E-state index in [0.717, 1.165) is 44.8 Å². The van der Waals surface area contributed by atoms with Gasteiger partial charge in [-0.15, -0.1) is 24.8 Å². The monoisotopic (exact) mass is 369 g/mol. The van der Waals surface area contributed by atoms with Gasteiger partial charge in [0.05, 0.1) is 12.0 Å². The predicted octanol–water partition coefficient (Wildman–Crippen LogP) is 1.69. The molecule has 2 saturated heterocycles. The molecule has 1 amide bonds. The summed E-state index contributed by atoms with van der Waals surface area (Å²) in [5, 5.41) is 6.50. The predicted molar refractivity (Wildman–Crippen MR) is 98.8 cm³/mol. The Morgan fingerprint density at radius 3 is 2.43 bits per heavy atom. The van der Waals surface area contributed by atoms with Crippen LogP contribution >= 0.6 is 24.8 Å². The van der Waals surface area contributed by atoms with Gasteiger partial charge in [0.25, 0.3) is 0 Å². The van der Waals surface area contributed by atoms with E-state index in [4.69, 9.17) is 4.74 Å². The number of carbonyl (C=O) groups is 1. The fraction of sp³-hybridized carbons (Fsp3) is 0.938. The highest BCUT2D eigenvalue weighted by molar-refractivity contribution is 5.85. The first-order valence-corrected chi connectivity index (χ1v) is 8.33. The van der Waals surface area contributed by atoms with Crippen molar-refractivity contribution in [3.8, 4) is 0 Å². The zero-order valence-corrected chi connectivity index (χ0v) is 16.1. The Morgan fingerprint density at radius 2 is 1.87 bits per heavy atom. The summed E-state index contributed by atoms with van der Waals surface area (Å²) in [6, 6.07) is 0. The van der Waals surface area contributed by atoms with Crippen LogP contribution in [0.25, 0.3) is 0 Å². The first-order valence-electron chi connectivity index (χ1n) is 8.33. The summed E-state index contributed by atoms with van der Waals surface area (Å²) >= 11 is 0. The molecule has 0 saturated carbocycles. The maximum absolute atomic E-state index is 12.6. The Labute approximate surface area is 153 Å². The lowest BCUT2D eigenvalue weighted by Gasteiger charge is -2.36. The molecule has 0 aromatic rings. The molecule has 0 spiro atoms. The fourth-order valence-electron chi connectivity index (χ4n) is 3.55. The maximum atomic E-state index is 12.6. The summed E-state index contributed by atoms with van der Waals surface area (Å²) in [6.07, 6.45) is 5.39. The molecule has 0 aromatic heterocycles. The molecule has 0 aromatic carbocycles. The molecular weight excluding hydrogens is 337 g/mol. The van der Waals surface area contributed by atoms with E-state index in [2.05, 4.69) is 22.6 Å². The second-order valence-corrected chi connectivity index (χ2v) is 6.75. The number of hydrogen-bond donors (Lipinski definition) is 2. The van der Waals surface area contributed by atoms with E-state index in [1.54, 1.807) is 7.11 Å². The summed E-state index contributed by atoms with van der Waals surface area (Å²) in [6.45, 7) is 5.55. The van der Waals surface area contributed by atoms with Crippen molar-refractivity contribution in [1.82, 2.24) is 15.5 Å². The van der Waals surface area contributed by atoms with E-state index >= 15 is 0 Å². The molecule has 0 aliphatic carbocycles. The SMILES string of the molecule is COCC1(C(=O)NCCC2CCN(C)CC2)CCNCC1.Cl.Cl. The minimum Gasteiger partial charge on any atom is -0.384 e. The third-order valence-corrected chi connectivity index (χ3v) is 5.14. The van der Waals surface area contributed by atoms with Gasteiger partial charge in [-0.2, -0.15) is 0 Å². The second kappa shape index (κ2) is 11.5. The largest absolute Gasteiger partial charge is 0.384 e. The van der Waals surface area contributed by atoms with Crippen LogP contribution in [0.2, 0.25) is 0 Å². The van der Waals surface area contributed by atoms with Crippen molar-refractivity contribution in [3.63, 3.8) is 0 Å². The Bertz CT molecular complexity index is 326. The van der Waals surface area contributed by atoms with E-state index < -0.39 is 0 Å². The molecular formula is C16H33Cl2N3O2. The van der Waals surface area contributed by atoms with Crippen molar-refractivity contribution in [2.45, 2.75) is 32.1 Å². The van der Waals surface area contributed by atoms with Crippen molar-refractivity contribution < 1.29 is 9.53 Å². The number of likely N-dealkylation sites (tertiary alicyclic amines) is 1. The number of halogens is 2. The van der Waals surface area contributed by atoms with Gasteiger partial charge in [0.1, 0.15) is 0 Å². The molecule has 7 heteroatoms. The molecule has 2 aliphatic heterocycles. The molecule has 5 nitrogen and oxygen atoms in total. The van der Waals surface area contributed by atoms with Gasteiger partial charge in [-0.25, -0.2) is 0 Å². The highest BCUT2D eigenvalue weighted by Gasteiger charge is 2.39. The molecule has 0 unspecified atom stereocenters. The minimum atomic E-state index is -0.313. The van der Waals surface area contributed by atoms with E-state index in [1.807, 2.05) is 0 Å². The summed E-state index contributed by atoms with van der Waals surface area (Å²) in [5.41, 5.74) is -0.313. The Kier molecular flexibility index (Phi) is 11.4. The van der Waals surface area contributed by atoms with Gasteiger partial charge in [-0.05, 0) is 71.2 Å². The number of nitrogens with one attached hydrogen (secondary N) is 2. The number of amides is 1. The third-order valence-electron chi connectivity index (χ3n) is 5.14. The molecule has 2 N–H and O–H groups in total. The summed E-state index contributed by atoms with van der Waals surface area (Å²) in [4.78, 5) is 15.0. The van der Waals surface area contributed by atoms with Crippen LogP contribution in [0.15, 0.2) is 0 Å². The average molecular weight is 370 g/mol. The molecule has 2 rings (SSSR count). The molecule has 138 valence electrons. The summed E-state index contributed by atoms with van der Waals surface area (Å²) < 4.78 is 5.32. The van der Waals surface area contributed by atoms with Gasteiger partial charge < -0.3 is 20.3 Å². The average Bonchev–Trinajstić information content (AvgIpc) is 2.50.